The third kappa shape index (κ3) is 19.2. The van der Waals surface area contributed by atoms with Crippen molar-refractivity contribution < 1.29 is 14.3 Å². The second-order valence-corrected chi connectivity index (χ2v) is 4.65. The number of hydrogen-bond donors (Lipinski definition) is 1. The zero-order valence-electron chi connectivity index (χ0n) is 17.1. The van der Waals surface area contributed by atoms with Crippen molar-refractivity contribution in [3.05, 3.63) is 12.2 Å². The quantitative estimate of drug-likeness (QED) is 0.387. The van der Waals surface area contributed by atoms with Gasteiger partial charge in [-0.15, -0.1) is 0 Å². The lowest BCUT2D eigenvalue weighted by Crippen LogP contribution is -2.25. The van der Waals surface area contributed by atoms with E-state index in [1.807, 2.05) is 47.6 Å². The van der Waals surface area contributed by atoms with Crippen molar-refractivity contribution in [2.45, 2.75) is 79.8 Å². The maximum absolute atomic E-state index is 11.2. The fourth-order valence-electron chi connectivity index (χ4n) is 1.89. The number of carbonyl (C=O) groups is 2. The summed E-state index contributed by atoms with van der Waals surface area (Å²) in [5, 5.41) is -0.272. The number of ether oxygens (including phenoxy) is 1. The van der Waals surface area contributed by atoms with Crippen LogP contribution in [0.5, 0.6) is 0 Å². The van der Waals surface area contributed by atoms with Crippen LogP contribution in [0.3, 0.4) is 0 Å². The Balaban J connectivity index is -0.000000218. The van der Waals surface area contributed by atoms with E-state index in [0.29, 0.717) is 6.42 Å². The van der Waals surface area contributed by atoms with Gasteiger partial charge in [-0.3, -0.25) is 0 Å². The van der Waals surface area contributed by atoms with E-state index >= 15 is 0 Å². The second-order valence-electron chi connectivity index (χ2n) is 3.91. The highest BCUT2D eigenvalue weighted by molar-refractivity contribution is 8.12. The van der Waals surface area contributed by atoms with Gasteiger partial charge in [-0.25, -0.2) is 4.79 Å². The van der Waals surface area contributed by atoms with Crippen LogP contribution in [0.15, 0.2) is 12.2 Å². The summed E-state index contributed by atoms with van der Waals surface area (Å²) < 4.78 is 5.32. The van der Waals surface area contributed by atoms with Crippen LogP contribution in [-0.2, 0) is 9.53 Å². The van der Waals surface area contributed by atoms with E-state index in [-0.39, 0.29) is 17.3 Å². The van der Waals surface area contributed by atoms with Crippen LogP contribution in [0.4, 0.5) is 4.79 Å². The van der Waals surface area contributed by atoms with Gasteiger partial charge in [-0.2, -0.15) is 0 Å². The maximum atomic E-state index is 11.2. The van der Waals surface area contributed by atoms with E-state index in [9.17, 15) is 9.59 Å². The monoisotopic (exact) mass is 363 g/mol. The first kappa shape index (κ1) is 31.0. The zero-order chi connectivity index (χ0) is 19.8. The number of nitrogens with two attached hydrogens (primary N) is 1. The molecule has 5 heteroatoms. The van der Waals surface area contributed by atoms with Crippen LogP contribution in [0.25, 0.3) is 0 Å². The summed E-state index contributed by atoms with van der Waals surface area (Å²) in [6.07, 6.45) is 11.1. The highest BCUT2D eigenvalue weighted by Crippen LogP contribution is 2.24. The van der Waals surface area contributed by atoms with Crippen LogP contribution in [0.2, 0.25) is 0 Å². The van der Waals surface area contributed by atoms with E-state index in [0.717, 1.165) is 43.7 Å². The lowest BCUT2D eigenvalue weighted by Gasteiger charge is -2.24. The zero-order valence-corrected chi connectivity index (χ0v) is 17.9. The van der Waals surface area contributed by atoms with Crippen molar-refractivity contribution in [2.75, 3.05) is 13.3 Å². The smallest absolute Gasteiger partial charge is 0.367 e. The standard InChI is InChI=1S/C12H18O3S.3C2H6.CH5N/c1-16-12(14)15-11-7-5-3-2-4-6-10(11)8-9-13;4*1-2/h5,7,9-11H,2-4,6,8H2,1H3;3*1-2H3;2H2,1H3/b7-5+;;;;. The van der Waals surface area contributed by atoms with Crippen LogP contribution >= 0.6 is 11.8 Å². The molecule has 0 amide bonds. The molecule has 0 fully saturated rings. The molecule has 0 bridgehead atoms. The van der Waals surface area contributed by atoms with Gasteiger partial charge < -0.3 is 15.3 Å². The van der Waals surface area contributed by atoms with Crippen LogP contribution in [0, 0.1) is 5.92 Å². The average Bonchev–Trinajstić information content (AvgIpc) is 2.67. The number of aldehydes is 1. The average molecular weight is 364 g/mol. The Labute approximate surface area is 155 Å². The molecule has 24 heavy (non-hydrogen) atoms. The Morgan fingerprint density at radius 3 is 2.17 bits per heavy atom. The number of rotatable bonds is 3. The van der Waals surface area contributed by atoms with Gasteiger partial charge in [0.05, 0.1) is 0 Å². The lowest BCUT2D eigenvalue weighted by molar-refractivity contribution is -0.109. The molecule has 4 nitrogen and oxygen atoms in total. The molecular weight excluding hydrogens is 322 g/mol. The molecule has 0 saturated heterocycles. The minimum Gasteiger partial charge on any atom is -0.450 e. The predicted octanol–water partition coefficient (Wildman–Crippen LogP) is 5.84. The van der Waals surface area contributed by atoms with Crippen LogP contribution in [-0.4, -0.2) is 31.0 Å². The van der Waals surface area contributed by atoms with Gasteiger partial charge in [-0.1, -0.05) is 54.0 Å². The molecular formula is C19H41NO3S. The highest BCUT2D eigenvalue weighted by Gasteiger charge is 2.23. The molecule has 0 heterocycles. The van der Waals surface area contributed by atoms with Crippen molar-refractivity contribution in [2.24, 2.45) is 11.7 Å². The summed E-state index contributed by atoms with van der Waals surface area (Å²) in [6.45, 7) is 12.0. The Bertz CT molecular complexity index is 271. The largest absolute Gasteiger partial charge is 0.450 e. The normalized spacial score (nSPS) is 19.4. The molecule has 0 aromatic rings. The minimum absolute atomic E-state index is 0.144. The van der Waals surface area contributed by atoms with Crippen molar-refractivity contribution in [3.63, 3.8) is 0 Å². The summed E-state index contributed by atoms with van der Waals surface area (Å²) >= 11 is 1.07. The van der Waals surface area contributed by atoms with Crippen LogP contribution in [0.1, 0.15) is 73.6 Å². The first-order valence-corrected chi connectivity index (χ1v) is 10.4. The number of carbonyl (C=O) groups excluding carboxylic acids is 2. The van der Waals surface area contributed by atoms with Gasteiger partial charge in [0.15, 0.2) is 0 Å². The van der Waals surface area contributed by atoms with Gasteiger partial charge in [-0.05, 0) is 50.4 Å². The van der Waals surface area contributed by atoms with E-state index in [1.165, 1.54) is 7.05 Å². The fourth-order valence-corrected chi connectivity index (χ4v) is 2.10. The van der Waals surface area contributed by atoms with Gasteiger partial charge in [0.2, 0.25) is 0 Å². The Morgan fingerprint density at radius 1 is 1.17 bits per heavy atom. The first-order valence-electron chi connectivity index (χ1n) is 9.20. The van der Waals surface area contributed by atoms with Gasteiger partial charge in [0, 0.05) is 12.3 Å². The van der Waals surface area contributed by atoms with E-state index in [1.54, 1.807) is 6.26 Å². The fraction of sp³-hybridized carbons (Fsp3) is 0.789. The van der Waals surface area contributed by atoms with E-state index in [2.05, 4.69) is 11.8 Å². The summed E-state index contributed by atoms with van der Waals surface area (Å²) in [5.41, 5.74) is 4.50. The van der Waals surface area contributed by atoms with E-state index in [4.69, 9.17) is 4.74 Å². The topological polar surface area (TPSA) is 69.4 Å². The van der Waals surface area contributed by atoms with Crippen molar-refractivity contribution in [1.29, 1.82) is 0 Å². The van der Waals surface area contributed by atoms with Crippen molar-refractivity contribution >= 4 is 23.3 Å². The molecule has 0 aliphatic heterocycles. The first-order chi connectivity index (χ1) is 11.8. The molecule has 146 valence electrons. The third-order valence-corrected chi connectivity index (χ3v) is 3.21. The molecule has 0 spiro atoms. The number of hydrogen-bond acceptors (Lipinski definition) is 5. The molecule has 0 aromatic heterocycles. The molecule has 2 unspecified atom stereocenters. The summed E-state index contributed by atoms with van der Waals surface area (Å²) in [5.74, 6) is 0.144. The maximum Gasteiger partial charge on any atom is 0.367 e. The van der Waals surface area contributed by atoms with Gasteiger partial charge in [0.25, 0.3) is 0 Å². The molecule has 0 saturated carbocycles. The molecule has 0 aromatic carbocycles. The van der Waals surface area contributed by atoms with Crippen LogP contribution < -0.4 is 5.73 Å². The second kappa shape index (κ2) is 30.1. The van der Waals surface area contributed by atoms with Gasteiger partial charge in [0.1, 0.15) is 12.4 Å². The van der Waals surface area contributed by atoms with Gasteiger partial charge >= 0.3 is 5.30 Å². The molecule has 2 N–H and O–H groups in total. The molecule has 0 radical (unpaired) electrons. The summed E-state index contributed by atoms with van der Waals surface area (Å²) in [7, 11) is 1.50. The predicted molar refractivity (Wildman–Crippen MR) is 110 cm³/mol. The Morgan fingerprint density at radius 2 is 1.71 bits per heavy atom. The van der Waals surface area contributed by atoms with E-state index < -0.39 is 0 Å². The van der Waals surface area contributed by atoms with Crippen molar-refractivity contribution in [3.8, 4) is 0 Å². The lowest BCUT2D eigenvalue weighted by atomic mass is 9.90. The molecule has 1 aliphatic rings. The minimum atomic E-state index is -0.272. The molecule has 1 aliphatic carbocycles. The third-order valence-electron chi connectivity index (χ3n) is 2.78. The number of thioether (sulfide) groups is 1. The SMILES string of the molecule is CC.CC.CC.CN.CSC(=O)OC1/C=C/CCCCC1CC=O. The Hall–Kier alpha value is -0.810. The Kier molecular flexibility index (Phi) is 38.9. The molecule has 2 atom stereocenters. The van der Waals surface area contributed by atoms with Crippen molar-refractivity contribution in [1.82, 2.24) is 0 Å². The number of allylic oxidation sites excluding steroid dienone is 1. The molecule has 1 rings (SSSR count). The summed E-state index contributed by atoms with van der Waals surface area (Å²) in [4.78, 5) is 21.8. The highest BCUT2D eigenvalue weighted by atomic mass is 32.2. The summed E-state index contributed by atoms with van der Waals surface area (Å²) in [6, 6.07) is 0.